The van der Waals surface area contributed by atoms with Gasteiger partial charge < -0.3 is 14.3 Å². The van der Waals surface area contributed by atoms with E-state index in [1.54, 1.807) is 36.2 Å². The van der Waals surface area contributed by atoms with E-state index in [2.05, 4.69) is 15.0 Å². The number of carbonyl (C=O) groups excluding carboxylic acids is 1. The second-order valence-corrected chi connectivity index (χ2v) is 7.31. The third-order valence-corrected chi connectivity index (χ3v) is 5.02. The SMILES string of the molecule is Cc1cc(C(=O)N2CCC[C@H](c3ncc(Cc4ccc(F)cc4)o3)C2)nc(=O)[nH]1. The molecule has 1 saturated heterocycles. The minimum Gasteiger partial charge on any atom is -0.445 e. The fourth-order valence-corrected chi connectivity index (χ4v) is 3.61. The fraction of sp³-hybridized carbons (Fsp3) is 0.333. The molecule has 3 aromatic rings. The molecule has 0 bridgehead atoms. The van der Waals surface area contributed by atoms with Gasteiger partial charge in [0.15, 0.2) is 5.89 Å². The predicted molar refractivity (Wildman–Crippen MR) is 103 cm³/mol. The number of nitrogens with one attached hydrogen (secondary N) is 1. The van der Waals surface area contributed by atoms with Crippen LogP contribution in [0.2, 0.25) is 0 Å². The molecule has 0 radical (unpaired) electrons. The van der Waals surface area contributed by atoms with Crippen molar-refractivity contribution in [2.45, 2.75) is 32.1 Å². The van der Waals surface area contributed by atoms with E-state index in [4.69, 9.17) is 4.42 Å². The molecule has 7 nitrogen and oxygen atoms in total. The van der Waals surface area contributed by atoms with Gasteiger partial charge in [0.2, 0.25) is 0 Å². The number of piperidine rings is 1. The van der Waals surface area contributed by atoms with Gasteiger partial charge in [0, 0.05) is 25.2 Å². The van der Waals surface area contributed by atoms with Gasteiger partial charge >= 0.3 is 5.69 Å². The van der Waals surface area contributed by atoms with Gasteiger partial charge in [0.1, 0.15) is 17.3 Å². The summed E-state index contributed by atoms with van der Waals surface area (Å²) < 4.78 is 19.0. The Morgan fingerprint density at radius 3 is 2.90 bits per heavy atom. The molecule has 150 valence electrons. The van der Waals surface area contributed by atoms with Gasteiger partial charge in [-0.05, 0) is 43.5 Å². The summed E-state index contributed by atoms with van der Waals surface area (Å²) in [5.74, 6) is 0.736. The highest BCUT2D eigenvalue weighted by molar-refractivity contribution is 5.92. The van der Waals surface area contributed by atoms with Crippen LogP contribution in [0.15, 0.2) is 45.7 Å². The molecule has 0 saturated carbocycles. The molecule has 0 unspecified atom stereocenters. The van der Waals surface area contributed by atoms with Crippen molar-refractivity contribution in [3.05, 3.63) is 81.4 Å². The Morgan fingerprint density at radius 2 is 2.14 bits per heavy atom. The minimum atomic E-state index is -0.528. The second kappa shape index (κ2) is 7.98. The third-order valence-electron chi connectivity index (χ3n) is 5.02. The maximum absolute atomic E-state index is 13.0. The molecular formula is C21H21FN4O3. The average Bonchev–Trinajstić information content (AvgIpc) is 3.17. The average molecular weight is 396 g/mol. The normalized spacial score (nSPS) is 16.8. The third kappa shape index (κ3) is 4.42. The van der Waals surface area contributed by atoms with Crippen LogP contribution in [0.3, 0.4) is 0 Å². The fourth-order valence-electron chi connectivity index (χ4n) is 3.61. The van der Waals surface area contributed by atoms with Crippen molar-refractivity contribution in [2.75, 3.05) is 13.1 Å². The lowest BCUT2D eigenvalue weighted by molar-refractivity contribution is 0.0691. The zero-order valence-corrected chi connectivity index (χ0v) is 16.0. The van der Waals surface area contributed by atoms with Crippen LogP contribution in [-0.2, 0) is 6.42 Å². The van der Waals surface area contributed by atoms with Crippen molar-refractivity contribution in [1.29, 1.82) is 0 Å². The highest BCUT2D eigenvalue weighted by Crippen LogP contribution is 2.28. The molecule has 2 aromatic heterocycles. The first-order valence-electron chi connectivity index (χ1n) is 9.54. The summed E-state index contributed by atoms with van der Waals surface area (Å²) in [4.78, 5) is 36.8. The Labute approximate surface area is 166 Å². The Bertz CT molecular complexity index is 1070. The topological polar surface area (TPSA) is 92.1 Å². The number of aromatic amines is 1. The molecule has 0 spiro atoms. The smallest absolute Gasteiger partial charge is 0.345 e. The summed E-state index contributed by atoms with van der Waals surface area (Å²) in [5, 5.41) is 0. The van der Waals surface area contributed by atoms with E-state index in [-0.39, 0.29) is 23.3 Å². The van der Waals surface area contributed by atoms with Crippen LogP contribution in [0.25, 0.3) is 0 Å². The summed E-state index contributed by atoms with van der Waals surface area (Å²) in [7, 11) is 0. The molecule has 1 atom stereocenters. The van der Waals surface area contributed by atoms with Crippen molar-refractivity contribution < 1.29 is 13.6 Å². The first kappa shape index (κ1) is 19.0. The molecule has 1 aliphatic rings. The number of aromatic nitrogens is 3. The van der Waals surface area contributed by atoms with Gasteiger partial charge in [-0.2, -0.15) is 4.98 Å². The van der Waals surface area contributed by atoms with Crippen LogP contribution in [0, 0.1) is 12.7 Å². The lowest BCUT2D eigenvalue weighted by Gasteiger charge is -2.31. The van der Waals surface area contributed by atoms with Crippen molar-refractivity contribution in [1.82, 2.24) is 19.9 Å². The first-order chi connectivity index (χ1) is 14.0. The molecule has 1 amide bonds. The first-order valence-corrected chi connectivity index (χ1v) is 9.54. The highest BCUT2D eigenvalue weighted by atomic mass is 19.1. The molecule has 4 rings (SSSR count). The van der Waals surface area contributed by atoms with E-state index in [9.17, 15) is 14.0 Å². The number of hydrogen-bond acceptors (Lipinski definition) is 5. The van der Waals surface area contributed by atoms with Crippen LogP contribution in [0.1, 0.15) is 52.2 Å². The molecule has 8 heteroatoms. The van der Waals surface area contributed by atoms with Gasteiger partial charge in [-0.25, -0.2) is 14.2 Å². The second-order valence-electron chi connectivity index (χ2n) is 7.31. The van der Waals surface area contributed by atoms with Crippen LogP contribution in [-0.4, -0.2) is 38.8 Å². The summed E-state index contributed by atoms with van der Waals surface area (Å²) in [6.07, 6.45) is 3.89. The molecule has 1 aromatic carbocycles. The summed E-state index contributed by atoms with van der Waals surface area (Å²) in [6, 6.07) is 7.85. The molecule has 1 aliphatic heterocycles. The number of nitrogens with zero attached hydrogens (tertiary/aromatic N) is 3. The number of benzene rings is 1. The summed E-state index contributed by atoms with van der Waals surface area (Å²) >= 11 is 0. The number of H-pyrrole nitrogens is 1. The van der Waals surface area contributed by atoms with Gasteiger partial charge in [-0.15, -0.1) is 0 Å². The predicted octanol–water partition coefficient (Wildman–Crippen LogP) is 2.82. The maximum atomic E-state index is 13.0. The van der Waals surface area contributed by atoms with Gasteiger partial charge in [-0.3, -0.25) is 4.79 Å². The van der Waals surface area contributed by atoms with Crippen LogP contribution >= 0.6 is 0 Å². The van der Waals surface area contributed by atoms with Gasteiger partial charge in [-0.1, -0.05) is 12.1 Å². The van der Waals surface area contributed by atoms with Crippen LogP contribution in [0.4, 0.5) is 4.39 Å². The Kier molecular flexibility index (Phi) is 5.24. The summed E-state index contributed by atoms with van der Waals surface area (Å²) in [5.41, 5.74) is 1.15. The van der Waals surface area contributed by atoms with Crippen molar-refractivity contribution >= 4 is 5.91 Å². The number of rotatable bonds is 4. The van der Waals surface area contributed by atoms with Crippen molar-refractivity contribution in [3.8, 4) is 0 Å². The number of amides is 1. The van der Waals surface area contributed by atoms with Crippen LogP contribution < -0.4 is 5.69 Å². The number of hydrogen-bond donors (Lipinski definition) is 1. The van der Waals surface area contributed by atoms with E-state index < -0.39 is 5.69 Å². The minimum absolute atomic E-state index is 0.0160. The Morgan fingerprint density at radius 1 is 1.34 bits per heavy atom. The van der Waals surface area contributed by atoms with E-state index in [1.165, 1.54) is 12.1 Å². The monoisotopic (exact) mass is 396 g/mol. The van der Waals surface area contributed by atoms with E-state index in [0.29, 0.717) is 36.9 Å². The quantitative estimate of drug-likeness (QED) is 0.732. The number of likely N-dealkylation sites (tertiary alicyclic amines) is 1. The van der Waals surface area contributed by atoms with Crippen molar-refractivity contribution in [2.24, 2.45) is 0 Å². The van der Waals surface area contributed by atoms with Gasteiger partial charge in [0.05, 0.1) is 12.1 Å². The lowest BCUT2D eigenvalue weighted by atomic mass is 9.97. The van der Waals surface area contributed by atoms with E-state index in [0.717, 1.165) is 18.4 Å². The number of aryl methyl sites for hydroxylation is 1. The zero-order valence-electron chi connectivity index (χ0n) is 16.0. The van der Waals surface area contributed by atoms with E-state index in [1.807, 2.05) is 0 Å². The Hall–Kier alpha value is -3.29. The molecule has 1 fully saturated rings. The molecular weight excluding hydrogens is 375 g/mol. The van der Waals surface area contributed by atoms with Crippen molar-refractivity contribution in [3.63, 3.8) is 0 Å². The molecule has 3 heterocycles. The lowest BCUT2D eigenvalue weighted by Crippen LogP contribution is -2.40. The molecule has 29 heavy (non-hydrogen) atoms. The largest absolute Gasteiger partial charge is 0.445 e. The Balaban J connectivity index is 1.45. The van der Waals surface area contributed by atoms with Crippen LogP contribution in [0.5, 0.6) is 0 Å². The number of halogens is 1. The number of oxazole rings is 1. The summed E-state index contributed by atoms with van der Waals surface area (Å²) in [6.45, 7) is 2.78. The maximum Gasteiger partial charge on any atom is 0.345 e. The molecule has 1 N–H and O–H groups in total. The van der Waals surface area contributed by atoms with Gasteiger partial charge in [0.25, 0.3) is 5.91 Å². The molecule has 0 aliphatic carbocycles. The standard InChI is InChI=1S/C21H21FN4O3/c1-13-9-18(25-21(28)24-13)20(27)26-8-2-3-15(12-26)19-23-11-17(29-19)10-14-4-6-16(22)7-5-14/h4-7,9,11,15H,2-3,8,10,12H2,1H3,(H,24,25,28)/t15-/m0/s1. The zero-order chi connectivity index (χ0) is 20.4. The number of carbonyl (C=O) groups is 1. The van der Waals surface area contributed by atoms with E-state index >= 15 is 0 Å². The highest BCUT2D eigenvalue weighted by Gasteiger charge is 2.29.